The number of methoxy groups -OCH3 is 1. The molecule has 0 spiro atoms. The Morgan fingerprint density at radius 2 is 2.20 bits per heavy atom. The van der Waals surface area contributed by atoms with E-state index in [2.05, 4.69) is 0 Å². The number of rotatable bonds is 1. The summed E-state index contributed by atoms with van der Waals surface area (Å²) in [4.78, 5) is 25.1. The number of carbonyl (C=O) groups excluding carboxylic acids is 2. The van der Waals surface area contributed by atoms with E-state index in [0.29, 0.717) is 6.42 Å². The number of fused-ring (bicyclic) bond motifs is 1. The first-order chi connectivity index (χ1) is 7.24. The molecule has 2 rings (SSSR count). The van der Waals surface area contributed by atoms with Gasteiger partial charge in [-0.05, 0) is 25.7 Å². The van der Waals surface area contributed by atoms with Crippen molar-refractivity contribution in [1.29, 1.82) is 0 Å². The first kappa shape index (κ1) is 10.5. The van der Waals surface area contributed by atoms with Crippen molar-refractivity contribution in [3.8, 4) is 0 Å². The molecule has 0 unspecified atom stereocenters. The SMILES string of the molecule is COC(=O)[C@@H]1CCCN2C(=O)CCC[C@@H]12. The highest BCUT2D eigenvalue weighted by Crippen LogP contribution is 2.32. The summed E-state index contributed by atoms with van der Waals surface area (Å²) in [6.07, 6.45) is 4.28. The second kappa shape index (κ2) is 4.21. The Kier molecular flexibility index (Phi) is 2.93. The molecule has 0 aromatic heterocycles. The third kappa shape index (κ3) is 1.85. The molecular weight excluding hydrogens is 194 g/mol. The van der Waals surface area contributed by atoms with Gasteiger partial charge in [-0.15, -0.1) is 0 Å². The summed E-state index contributed by atoms with van der Waals surface area (Å²) >= 11 is 0. The smallest absolute Gasteiger partial charge is 0.310 e. The highest BCUT2D eigenvalue weighted by molar-refractivity contribution is 5.80. The molecular formula is C11H17NO3. The molecule has 2 atom stereocenters. The lowest BCUT2D eigenvalue weighted by Gasteiger charge is -2.42. The minimum atomic E-state index is -0.153. The fourth-order valence-electron chi connectivity index (χ4n) is 2.76. The molecule has 2 heterocycles. The normalized spacial score (nSPS) is 31.0. The Bertz CT molecular complexity index is 277. The van der Waals surface area contributed by atoms with E-state index in [-0.39, 0.29) is 23.8 Å². The summed E-state index contributed by atoms with van der Waals surface area (Å²) in [7, 11) is 1.42. The number of ether oxygens (including phenoxy) is 1. The molecule has 0 aliphatic carbocycles. The van der Waals surface area contributed by atoms with Gasteiger partial charge in [-0.2, -0.15) is 0 Å². The van der Waals surface area contributed by atoms with Gasteiger partial charge in [0, 0.05) is 19.0 Å². The van der Waals surface area contributed by atoms with Gasteiger partial charge >= 0.3 is 5.97 Å². The topological polar surface area (TPSA) is 46.6 Å². The van der Waals surface area contributed by atoms with Crippen molar-refractivity contribution in [3.05, 3.63) is 0 Å². The number of piperidine rings is 2. The van der Waals surface area contributed by atoms with Gasteiger partial charge in [0.25, 0.3) is 0 Å². The van der Waals surface area contributed by atoms with Gasteiger partial charge in [0.05, 0.1) is 13.0 Å². The Morgan fingerprint density at radius 1 is 1.40 bits per heavy atom. The minimum Gasteiger partial charge on any atom is -0.469 e. The Balaban J connectivity index is 2.13. The zero-order valence-electron chi connectivity index (χ0n) is 9.07. The molecule has 84 valence electrons. The van der Waals surface area contributed by atoms with Crippen molar-refractivity contribution in [2.24, 2.45) is 5.92 Å². The quantitative estimate of drug-likeness (QED) is 0.607. The highest BCUT2D eigenvalue weighted by atomic mass is 16.5. The van der Waals surface area contributed by atoms with Crippen LogP contribution in [0.4, 0.5) is 0 Å². The monoisotopic (exact) mass is 211 g/mol. The predicted molar refractivity (Wildman–Crippen MR) is 54.1 cm³/mol. The molecule has 0 N–H and O–H groups in total. The number of amides is 1. The first-order valence-electron chi connectivity index (χ1n) is 5.61. The molecule has 2 aliphatic heterocycles. The molecule has 2 fully saturated rings. The lowest BCUT2D eigenvalue weighted by molar-refractivity contribution is -0.154. The maximum absolute atomic E-state index is 11.7. The van der Waals surface area contributed by atoms with Gasteiger partial charge in [0.2, 0.25) is 5.91 Å². The Labute approximate surface area is 89.6 Å². The van der Waals surface area contributed by atoms with Crippen molar-refractivity contribution in [2.45, 2.75) is 38.1 Å². The molecule has 0 aromatic carbocycles. The lowest BCUT2D eigenvalue weighted by atomic mass is 9.83. The lowest BCUT2D eigenvalue weighted by Crippen LogP contribution is -2.53. The average Bonchev–Trinajstić information content (AvgIpc) is 2.28. The van der Waals surface area contributed by atoms with Crippen LogP contribution in [0, 0.1) is 5.92 Å². The van der Waals surface area contributed by atoms with E-state index < -0.39 is 0 Å². The van der Waals surface area contributed by atoms with Crippen LogP contribution in [0.2, 0.25) is 0 Å². The molecule has 0 radical (unpaired) electrons. The van der Waals surface area contributed by atoms with Crippen LogP contribution in [0.25, 0.3) is 0 Å². The van der Waals surface area contributed by atoms with Gasteiger partial charge in [-0.1, -0.05) is 0 Å². The zero-order chi connectivity index (χ0) is 10.8. The van der Waals surface area contributed by atoms with Crippen LogP contribution in [0.15, 0.2) is 0 Å². The minimum absolute atomic E-state index is 0.0898. The van der Waals surface area contributed by atoms with Crippen LogP contribution < -0.4 is 0 Å². The zero-order valence-corrected chi connectivity index (χ0v) is 9.07. The fraction of sp³-hybridized carbons (Fsp3) is 0.818. The van der Waals surface area contributed by atoms with E-state index in [9.17, 15) is 9.59 Å². The second-order valence-corrected chi connectivity index (χ2v) is 4.32. The van der Waals surface area contributed by atoms with Crippen LogP contribution >= 0.6 is 0 Å². The van der Waals surface area contributed by atoms with Gasteiger partial charge in [0.1, 0.15) is 0 Å². The maximum atomic E-state index is 11.7. The maximum Gasteiger partial charge on any atom is 0.310 e. The van der Waals surface area contributed by atoms with Crippen LogP contribution in [0.3, 0.4) is 0 Å². The Hall–Kier alpha value is -1.06. The number of hydrogen-bond acceptors (Lipinski definition) is 3. The predicted octanol–water partition coefficient (Wildman–Crippen LogP) is 0.950. The molecule has 4 nitrogen and oxygen atoms in total. The van der Waals surface area contributed by atoms with E-state index in [1.807, 2.05) is 4.90 Å². The van der Waals surface area contributed by atoms with Gasteiger partial charge < -0.3 is 9.64 Å². The molecule has 0 bridgehead atoms. The molecule has 15 heavy (non-hydrogen) atoms. The largest absolute Gasteiger partial charge is 0.469 e. The number of esters is 1. The van der Waals surface area contributed by atoms with Crippen molar-refractivity contribution < 1.29 is 14.3 Å². The molecule has 4 heteroatoms. The van der Waals surface area contributed by atoms with Crippen molar-refractivity contribution in [2.75, 3.05) is 13.7 Å². The average molecular weight is 211 g/mol. The molecule has 2 saturated heterocycles. The van der Waals surface area contributed by atoms with Crippen LogP contribution in [0.5, 0.6) is 0 Å². The summed E-state index contributed by atoms with van der Waals surface area (Å²) in [6, 6.07) is 0.104. The highest BCUT2D eigenvalue weighted by Gasteiger charge is 2.40. The first-order valence-corrected chi connectivity index (χ1v) is 5.61. The van der Waals surface area contributed by atoms with Crippen LogP contribution in [-0.4, -0.2) is 36.5 Å². The van der Waals surface area contributed by atoms with E-state index >= 15 is 0 Å². The van der Waals surface area contributed by atoms with Crippen LogP contribution in [0.1, 0.15) is 32.1 Å². The van der Waals surface area contributed by atoms with Gasteiger partial charge in [-0.25, -0.2) is 0 Å². The van der Waals surface area contributed by atoms with Crippen molar-refractivity contribution in [1.82, 2.24) is 4.90 Å². The summed E-state index contributed by atoms with van der Waals surface area (Å²) in [5, 5.41) is 0. The fourth-order valence-corrected chi connectivity index (χ4v) is 2.76. The third-order valence-corrected chi connectivity index (χ3v) is 3.49. The van der Waals surface area contributed by atoms with Crippen molar-refractivity contribution in [3.63, 3.8) is 0 Å². The number of nitrogens with zero attached hydrogens (tertiary/aromatic N) is 1. The summed E-state index contributed by atoms with van der Waals surface area (Å²) in [6.45, 7) is 0.816. The third-order valence-electron chi connectivity index (χ3n) is 3.49. The number of carbonyl (C=O) groups is 2. The van der Waals surface area contributed by atoms with E-state index in [4.69, 9.17) is 4.74 Å². The molecule has 0 aromatic rings. The van der Waals surface area contributed by atoms with E-state index in [1.165, 1.54) is 7.11 Å². The number of hydrogen-bond donors (Lipinski definition) is 0. The Morgan fingerprint density at radius 3 is 2.93 bits per heavy atom. The van der Waals surface area contributed by atoms with Gasteiger partial charge in [0.15, 0.2) is 0 Å². The van der Waals surface area contributed by atoms with Gasteiger partial charge in [-0.3, -0.25) is 9.59 Å². The van der Waals surface area contributed by atoms with E-state index in [0.717, 1.165) is 32.2 Å². The standard InChI is InChI=1S/C11H17NO3/c1-15-11(14)8-4-3-7-12-9(8)5-2-6-10(12)13/h8-9H,2-7H2,1H3/t8-,9+/m1/s1. The molecule has 1 amide bonds. The molecule has 0 saturated carbocycles. The van der Waals surface area contributed by atoms with Crippen molar-refractivity contribution >= 4 is 11.9 Å². The molecule has 2 aliphatic rings. The second-order valence-electron chi connectivity index (χ2n) is 4.32. The summed E-state index contributed by atoms with van der Waals surface area (Å²) in [5.74, 6) is -0.0350. The summed E-state index contributed by atoms with van der Waals surface area (Å²) in [5.41, 5.74) is 0. The summed E-state index contributed by atoms with van der Waals surface area (Å²) < 4.78 is 4.80. The van der Waals surface area contributed by atoms with E-state index in [1.54, 1.807) is 0 Å². The van der Waals surface area contributed by atoms with Crippen LogP contribution in [-0.2, 0) is 14.3 Å².